The SMILES string of the molecule is COc1cccc(Nc2c(C(N)=O)cnc3c(C)cc(Cc4cccc(C(=O)N(C)c5ccc(CCCCOCCCCCCBr)cc5)c4)cc23)c1. The topological polar surface area (TPSA) is 107 Å². The summed E-state index contributed by atoms with van der Waals surface area (Å²) in [6.07, 6.45) is 10.1. The normalized spacial score (nSPS) is 11.1. The minimum atomic E-state index is -0.573. The van der Waals surface area contributed by atoms with Crippen molar-refractivity contribution in [3.8, 4) is 5.75 Å². The van der Waals surface area contributed by atoms with Gasteiger partial charge in [0.2, 0.25) is 0 Å². The highest BCUT2D eigenvalue weighted by Crippen LogP contribution is 2.33. The van der Waals surface area contributed by atoms with Crippen molar-refractivity contribution in [2.24, 2.45) is 5.73 Å². The maximum absolute atomic E-state index is 13.6. The number of hydrogen-bond donors (Lipinski definition) is 2. The van der Waals surface area contributed by atoms with Gasteiger partial charge in [-0.15, -0.1) is 0 Å². The number of nitrogens with two attached hydrogens (primary N) is 1. The second-order valence-corrected chi connectivity index (χ2v) is 14.0. The van der Waals surface area contributed by atoms with E-state index in [1.807, 2.05) is 80.7 Å². The largest absolute Gasteiger partial charge is 0.497 e. The van der Waals surface area contributed by atoms with Crippen LogP contribution in [0.15, 0.2) is 91.1 Å². The summed E-state index contributed by atoms with van der Waals surface area (Å²) >= 11 is 3.48. The van der Waals surface area contributed by atoms with Crippen molar-refractivity contribution in [2.45, 2.75) is 58.3 Å². The molecule has 3 N–H and O–H groups in total. The van der Waals surface area contributed by atoms with Crippen molar-refractivity contribution < 1.29 is 19.1 Å². The number of carbonyl (C=O) groups is 2. The lowest BCUT2D eigenvalue weighted by atomic mass is 9.97. The number of alkyl halides is 1. The molecule has 52 heavy (non-hydrogen) atoms. The van der Waals surface area contributed by atoms with Gasteiger partial charge in [-0.25, -0.2) is 0 Å². The van der Waals surface area contributed by atoms with E-state index in [-0.39, 0.29) is 5.91 Å². The molecule has 0 radical (unpaired) electrons. The molecule has 0 atom stereocenters. The fourth-order valence-corrected chi connectivity index (χ4v) is 6.75. The van der Waals surface area contributed by atoms with Crippen molar-refractivity contribution in [1.82, 2.24) is 4.98 Å². The Kier molecular flexibility index (Phi) is 14.2. The van der Waals surface area contributed by atoms with Gasteiger partial charge in [-0.2, -0.15) is 0 Å². The molecule has 9 heteroatoms. The van der Waals surface area contributed by atoms with E-state index in [9.17, 15) is 9.59 Å². The maximum atomic E-state index is 13.6. The van der Waals surface area contributed by atoms with Gasteiger partial charge in [-0.3, -0.25) is 14.6 Å². The molecule has 272 valence electrons. The van der Waals surface area contributed by atoms with Crippen LogP contribution in [0.4, 0.5) is 17.1 Å². The molecule has 0 saturated heterocycles. The van der Waals surface area contributed by atoms with Gasteiger partial charge in [0.15, 0.2) is 0 Å². The maximum Gasteiger partial charge on any atom is 0.258 e. The molecule has 2 amide bonds. The molecule has 0 bridgehead atoms. The van der Waals surface area contributed by atoms with Crippen LogP contribution in [-0.2, 0) is 17.6 Å². The Balaban J connectivity index is 1.24. The van der Waals surface area contributed by atoms with Crippen LogP contribution in [0.3, 0.4) is 0 Å². The van der Waals surface area contributed by atoms with Gasteiger partial charge >= 0.3 is 0 Å². The number of ether oxygens (including phenoxy) is 2. The number of anilines is 3. The monoisotopic (exact) mass is 764 g/mol. The zero-order valence-corrected chi connectivity index (χ0v) is 32.0. The highest BCUT2D eigenvalue weighted by molar-refractivity contribution is 9.09. The number of pyridine rings is 1. The number of unbranched alkanes of at least 4 members (excludes halogenated alkanes) is 4. The molecule has 4 aromatic carbocycles. The van der Waals surface area contributed by atoms with Crippen LogP contribution in [0, 0.1) is 6.92 Å². The predicted octanol–water partition coefficient (Wildman–Crippen LogP) is 9.56. The van der Waals surface area contributed by atoms with Gasteiger partial charge < -0.3 is 25.4 Å². The molecule has 1 aromatic heterocycles. The minimum Gasteiger partial charge on any atom is -0.497 e. The van der Waals surface area contributed by atoms with E-state index in [2.05, 4.69) is 44.4 Å². The lowest BCUT2D eigenvalue weighted by molar-refractivity contribution is 0.0988. The molecule has 5 rings (SSSR count). The first-order chi connectivity index (χ1) is 25.3. The third-order valence-electron chi connectivity index (χ3n) is 9.21. The first-order valence-electron chi connectivity index (χ1n) is 18.0. The molecule has 0 saturated carbocycles. The van der Waals surface area contributed by atoms with Gasteiger partial charge in [-0.05, 0) is 110 Å². The summed E-state index contributed by atoms with van der Waals surface area (Å²) in [5.41, 5.74) is 13.9. The number of amides is 2. The highest BCUT2D eigenvalue weighted by Gasteiger charge is 2.18. The van der Waals surface area contributed by atoms with Gasteiger partial charge in [-0.1, -0.05) is 65.2 Å². The van der Waals surface area contributed by atoms with Crippen molar-refractivity contribution in [2.75, 3.05) is 42.9 Å². The highest BCUT2D eigenvalue weighted by atomic mass is 79.9. The van der Waals surface area contributed by atoms with Crippen molar-refractivity contribution >= 4 is 55.7 Å². The molecule has 0 spiro atoms. The quantitative estimate of drug-likeness (QED) is 0.0641. The number of primary amides is 1. The number of nitrogens with zero attached hydrogens (tertiary/aromatic N) is 2. The van der Waals surface area contributed by atoms with E-state index >= 15 is 0 Å². The van der Waals surface area contributed by atoms with E-state index in [0.717, 1.165) is 83.2 Å². The van der Waals surface area contributed by atoms with E-state index in [4.69, 9.17) is 15.2 Å². The number of aromatic nitrogens is 1. The molecule has 0 aliphatic carbocycles. The summed E-state index contributed by atoms with van der Waals surface area (Å²) in [6.45, 7) is 3.66. The smallest absolute Gasteiger partial charge is 0.258 e. The lowest BCUT2D eigenvalue weighted by Crippen LogP contribution is -2.26. The number of benzene rings is 4. The van der Waals surface area contributed by atoms with E-state index in [1.165, 1.54) is 31.0 Å². The Morgan fingerprint density at radius 2 is 1.60 bits per heavy atom. The molecule has 8 nitrogen and oxygen atoms in total. The molecule has 1 heterocycles. The first-order valence-corrected chi connectivity index (χ1v) is 19.1. The molecule has 0 aliphatic rings. The van der Waals surface area contributed by atoms with Crippen molar-refractivity contribution in [3.63, 3.8) is 0 Å². The third kappa shape index (κ3) is 10.4. The number of rotatable bonds is 19. The summed E-state index contributed by atoms with van der Waals surface area (Å²) in [4.78, 5) is 32.4. The Morgan fingerprint density at radius 1 is 0.846 bits per heavy atom. The Bertz CT molecular complexity index is 1960. The van der Waals surface area contributed by atoms with Gasteiger partial charge in [0.1, 0.15) is 5.75 Å². The number of aryl methyl sites for hydroxylation is 2. The standard InChI is InChI=1S/C43H49BrN4O4/c1-30-24-33(27-38-40(30)46-29-39(42(45)49)41(38)47-35-15-11-16-37(28-35)51-3)25-32-13-10-14-34(26-32)43(50)48(2)36-19-17-31(18-20-36)12-6-9-23-52-22-8-5-4-7-21-44/h10-11,13-20,24,26-29H,4-9,12,21-23,25H2,1-3H3,(H2,45,49)(H,46,47). The van der Waals surface area contributed by atoms with Crippen LogP contribution in [0.2, 0.25) is 0 Å². The average molecular weight is 766 g/mol. The van der Waals surface area contributed by atoms with Crippen molar-refractivity contribution in [1.29, 1.82) is 0 Å². The number of fused-ring (bicyclic) bond motifs is 1. The summed E-state index contributed by atoms with van der Waals surface area (Å²) < 4.78 is 11.2. The third-order valence-corrected chi connectivity index (χ3v) is 9.77. The van der Waals surface area contributed by atoms with E-state index in [0.29, 0.717) is 29.0 Å². The Hall–Kier alpha value is -4.73. The van der Waals surface area contributed by atoms with Crippen LogP contribution >= 0.6 is 15.9 Å². The zero-order chi connectivity index (χ0) is 36.9. The van der Waals surface area contributed by atoms with Gasteiger partial charge in [0.25, 0.3) is 11.8 Å². The number of hydrogen-bond acceptors (Lipinski definition) is 6. The Labute approximate surface area is 315 Å². The fourth-order valence-electron chi connectivity index (χ4n) is 6.36. The van der Waals surface area contributed by atoms with Crippen LogP contribution < -0.4 is 20.7 Å². The summed E-state index contributed by atoms with van der Waals surface area (Å²) in [5.74, 6) is 0.0391. The number of nitrogens with one attached hydrogen (secondary N) is 1. The molecule has 0 fully saturated rings. The molecule has 0 unspecified atom stereocenters. The lowest BCUT2D eigenvalue weighted by Gasteiger charge is -2.18. The van der Waals surface area contributed by atoms with E-state index < -0.39 is 5.91 Å². The average Bonchev–Trinajstić information content (AvgIpc) is 3.15. The summed E-state index contributed by atoms with van der Waals surface area (Å²) in [5, 5.41) is 5.26. The second kappa shape index (κ2) is 19.2. The molecule has 5 aromatic rings. The van der Waals surface area contributed by atoms with Gasteiger partial charge in [0.05, 0.1) is 23.9 Å². The second-order valence-electron chi connectivity index (χ2n) is 13.2. The van der Waals surface area contributed by atoms with Crippen LogP contribution in [0.5, 0.6) is 5.75 Å². The van der Waals surface area contributed by atoms with Crippen LogP contribution in [-0.4, -0.2) is 49.5 Å². The number of methoxy groups -OCH3 is 1. The zero-order valence-electron chi connectivity index (χ0n) is 30.4. The summed E-state index contributed by atoms with van der Waals surface area (Å²) in [6, 6.07) is 27.6. The fraction of sp³-hybridized carbons (Fsp3) is 0.326. The molecule has 0 aliphatic heterocycles. The first kappa shape index (κ1) is 38.5. The minimum absolute atomic E-state index is 0.0753. The number of carbonyl (C=O) groups excluding carboxylic acids is 2. The van der Waals surface area contributed by atoms with Crippen molar-refractivity contribution in [3.05, 3.63) is 125 Å². The van der Waals surface area contributed by atoms with Gasteiger partial charge in [0, 0.05) is 60.2 Å². The van der Waals surface area contributed by atoms with E-state index in [1.54, 1.807) is 12.0 Å². The number of halogens is 1. The summed E-state index contributed by atoms with van der Waals surface area (Å²) in [7, 11) is 3.42. The van der Waals surface area contributed by atoms with Crippen LogP contribution in [0.1, 0.15) is 81.5 Å². The molecular weight excluding hydrogens is 716 g/mol. The van der Waals surface area contributed by atoms with Crippen LogP contribution in [0.25, 0.3) is 10.9 Å². The molecular formula is C43H49BrN4O4. The Morgan fingerprint density at radius 3 is 2.35 bits per heavy atom. The predicted molar refractivity (Wildman–Crippen MR) is 216 cm³/mol.